The van der Waals surface area contributed by atoms with E-state index in [2.05, 4.69) is 0 Å². The Hall–Kier alpha value is -1.55. The molecule has 1 aromatic carbocycles. The minimum absolute atomic E-state index is 0.0936. The number of benzene rings is 1. The van der Waals surface area contributed by atoms with Crippen molar-refractivity contribution in [3.8, 4) is 5.75 Å². The Kier molecular flexibility index (Phi) is 6.22. The molecular weight excluding hydrogens is 228 g/mol. The first-order valence-corrected chi connectivity index (χ1v) is 6.27. The first-order valence-electron chi connectivity index (χ1n) is 6.27. The Balaban J connectivity index is 2.27. The minimum atomic E-state index is 0.0936. The Labute approximate surface area is 109 Å². The van der Waals surface area contributed by atoms with Crippen LogP contribution in [-0.4, -0.2) is 37.6 Å². The molecule has 0 bridgehead atoms. The highest BCUT2D eigenvalue weighted by molar-refractivity contribution is 5.75. The number of carbonyl (C=O) groups is 1. The van der Waals surface area contributed by atoms with Crippen LogP contribution in [0.5, 0.6) is 5.75 Å². The fourth-order valence-electron chi connectivity index (χ4n) is 1.61. The summed E-state index contributed by atoms with van der Waals surface area (Å²) in [5, 5.41) is 0. The Morgan fingerprint density at radius 1 is 1.44 bits per heavy atom. The first kappa shape index (κ1) is 14.5. The molecule has 0 aliphatic rings. The molecule has 1 amide bonds. The second-order valence-corrected chi connectivity index (χ2v) is 4.37. The van der Waals surface area contributed by atoms with E-state index in [0.29, 0.717) is 26.1 Å². The number of aryl methyl sites for hydroxylation is 1. The molecule has 0 aromatic heterocycles. The van der Waals surface area contributed by atoms with E-state index in [1.807, 2.05) is 31.2 Å². The largest absolute Gasteiger partial charge is 0.493 e. The summed E-state index contributed by atoms with van der Waals surface area (Å²) in [5.41, 5.74) is 6.56. The fourth-order valence-corrected chi connectivity index (χ4v) is 1.61. The molecular formula is C14H22N2O2. The van der Waals surface area contributed by atoms with Gasteiger partial charge in [0.05, 0.1) is 13.0 Å². The van der Waals surface area contributed by atoms with Crippen LogP contribution in [0.4, 0.5) is 0 Å². The molecule has 0 heterocycles. The summed E-state index contributed by atoms with van der Waals surface area (Å²) in [6, 6.07) is 7.82. The van der Waals surface area contributed by atoms with Gasteiger partial charge < -0.3 is 15.4 Å². The van der Waals surface area contributed by atoms with E-state index >= 15 is 0 Å². The van der Waals surface area contributed by atoms with Crippen LogP contribution in [0.15, 0.2) is 24.3 Å². The van der Waals surface area contributed by atoms with Crippen molar-refractivity contribution in [3.05, 3.63) is 29.8 Å². The van der Waals surface area contributed by atoms with E-state index < -0.39 is 0 Å². The van der Waals surface area contributed by atoms with Gasteiger partial charge in [-0.2, -0.15) is 0 Å². The van der Waals surface area contributed by atoms with Gasteiger partial charge in [-0.1, -0.05) is 12.1 Å². The number of hydrogen-bond acceptors (Lipinski definition) is 3. The zero-order chi connectivity index (χ0) is 13.4. The SMILES string of the molecule is Cc1cccc(OCCC(=O)N(C)CCCN)c1. The zero-order valence-electron chi connectivity index (χ0n) is 11.2. The van der Waals surface area contributed by atoms with E-state index in [-0.39, 0.29) is 5.91 Å². The molecule has 100 valence electrons. The highest BCUT2D eigenvalue weighted by Gasteiger charge is 2.07. The normalized spacial score (nSPS) is 10.2. The van der Waals surface area contributed by atoms with Gasteiger partial charge in [0.1, 0.15) is 5.75 Å². The van der Waals surface area contributed by atoms with Crippen LogP contribution in [0.2, 0.25) is 0 Å². The molecule has 0 atom stereocenters. The van der Waals surface area contributed by atoms with Crippen molar-refractivity contribution in [1.29, 1.82) is 0 Å². The third kappa shape index (κ3) is 5.19. The first-order chi connectivity index (χ1) is 8.63. The van der Waals surface area contributed by atoms with Crippen LogP contribution in [0.25, 0.3) is 0 Å². The molecule has 4 heteroatoms. The second kappa shape index (κ2) is 7.71. The van der Waals surface area contributed by atoms with Gasteiger partial charge in [0.15, 0.2) is 0 Å². The van der Waals surface area contributed by atoms with Crippen LogP contribution < -0.4 is 10.5 Å². The highest BCUT2D eigenvalue weighted by Crippen LogP contribution is 2.12. The number of nitrogens with two attached hydrogens (primary N) is 1. The van der Waals surface area contributed by atoms with Crippen molar-refractivity contribution in [1.82, 2.24) is 4.90 Å². The average Bonchev–Trinajstić information content (AvgIpc) is 2.35. The lowest BCUT2D eigenvalue weighted by Gasteiger charge is -2.16. The topological polar surface area (TPSA) is 55.6 Å². The Bertz CT molecular complexity index is 380. The van der Waals surface area contributed by atoms with Gasteiger partial charge >= 0.3 is 0 Å². The molecule has 0 unspecified atom stereocenters. The molecule has 0 saturated carbocycles. The van der Waals surface area contributed by atoms with Crippen LogP contribution >= 0.6 is 0 Å². The third-order valence-electron chi connectivity index (χ3n) is 2.70. The summed E-state index contributed by atoms with van der Waals surface area (Å²) >= 11 is 0. The van der Waals surface area contributed by atoms with Crippen molar-refractivity contribution in [2.75, 3.05) is 26.7 Å². The predicted octanol–water partition coefficient (Wildman–Crippen LogP) is 1.57. The smallest absolute Gasteiger partial charge is 0.225 e. The molecule has 0 saturated heterocycles. The van der Waals surface area contributed by atoms with Crippen molar-refractivity contribution in [2.45, 2.75) is 19.8 Å². The molecule has 0 radical (unpaired) electrons. The number of amides is 1. The van der Waals surface area contributed by atoms with Gasteiger partial charge in [-0.25, -0.2) is 0 Å². The van der Waals surface area contributed by atoms with Gasteiger partial charge in [0.2, 0.25) is 5.91 Å². The molecule has 1 rings (SSSR count). The van der Waals surface area contributed by atoms with Crippen LogP contribution in [0.3, 0.4) is 0 Å². The van der Waals surface area contributed by atoms with Crippen LogP contribution in [-0.2, 0) is 4.79 Å². The Morgan fingerprint density at radius 3 is 2.89 bits per heavy atom. The number of rotatable bonds is 7. The lowest BCUT2D eigenvalue weighted by Crippen LogP contribution is -2.29. The molecule has 1 aromatic rings. The summed E-state index contributed by atoms with van der Waals surface area (Å²) in [6.07, 6.45) is 1.23. The summed E-state index contributed by atoms with van der Waals surface area (Å²) in [6.45, 7) is 3.74. The molecule has 18 heavy (non-hydrogen) atoms. The highest BCUT2D eigenvalue weighted by atomic mass is 16.5. The molecule has 2 N–H and O–H groups in total. The second-order valence-electron chi connectivity index (χ2n) is 4.37. The van der Waals surface area contributed by atoms with E-state index in [1.54, 1.807) is 11.9 Å². The summed E-state index contributed by atoms with van der Waals surface area (Å²) < 4.78 is 5.54. The van der Waals surface area contributed by atoms with Crippen LogP contribution in [0.1, 0.15) is 18.4 Å². The third-order valence-corrected chi connectivity index (χ3v) is 2.70. The maximum atomic E-state index is 11.7. The van der Waals surface area contributed by atoms with Crippen molar-refractivity contribution in [3.63, 3.8) is 0 Å². The minimum Gasteiger partial charge on any atom is -0.493 e. The average molecular weight is 250 g/mol. The van der Waals surface area contributed by atoms with E-state index in [4.69, 9.17) is 10.5 Å². The molecule has 0 aliphatic carbocycles. The lowest BCUT2D eigenvalue weighted by atomic mass is 10.2. The summed E-state index contributed by atoms with van der Waals surface area (Å²) in [5.74, 6) is 0.906. The zero-order valence-corrected chi connectivity index (χ0v) is 11.2. The van der Waals surface area contributed by atoms with Gasteiger partial charge in [0.25, 0.3) is 0 Å². The Morgan fingerprint density at radius 2 is 2.22 bits per heavy atom. The van der Waals surface area contributed by atoms with E-state index in [0.717, 1.165) is 17.7 Å². The fraction of sp³-hybridized carbons (Fsp3) is 0.500. The standard InChI is InChI=1S/C14H22N2O2/c1-12-5-3-6-13(11-12)18-10-7-14(17)16(2)9-4-8-15/h3,5-6,11H,4,7-10,15H2,1-2H3. The van der Waals surface area contributed by atoms with E-state index in [1.165, 1.54) is 0 Å². The van der Waals surface area contributed by atoms with Gasteiger partial charge in [0, 0.05) is 13.6 Å². The van der Waals surface area contributed by atoms with Gasteiger partial charge in [-0.3, -0.25) is 4.79 Å². The van der Waals surface area contributed by atoms with Gasteiger partial charge in [-0.15, -0.1) is 0 Å². The van der Waals surface area contributed by atoms with Crippen molar-refractivity contribution < 1.29 is 9.53 Å². The summed E-state index contributed by atoms with van der Waals surface area (Å²) in [7, 11) is 1.80. The van der Waals surface area contributed by atoms with Crippen LogP contribution in [0, 0.1) is 6.92 Å². The number of nitrogens with zero attached hydrogens (tertiary/aromatic N) is 1. The van der Waals surface area contributed by atoms with E-state index in [9.17, 15) is 4.79 Å². The maximum absolute atomic E-state index is 11.7. The molecule has 0 spiro atoms. The maximum Gasteiger partial charge on any atom is 0.225 e. The number of hydrogen-bond donors (Lipinski definition) is 1. The predicted molar refractivity (Wildman–Crippen MR) is 72.6 cm³/mol. The lowest BCUT2D eigenvalue weighted by molar-refractivity contribution is -0.130. The quantitative estimate of drug-likeness (QED) is 0.799. The monoisotopic (exact) mass is 250 g/mol. The van der Waals surface area contributed by atoms with Crippen molar-refractivity contribution in [2.24, 2.45) is 5.73 Å². The molecule has 0 fully saturated rings. The number of carbonyl (C=O) groups excluding carboxylic acids is 1. The summed E-state index contributed by atoms with van der Waals surface area (Å²) in [4.78, 5) is 13.4. The number of ether oxygens (including phenoxy) is 1. The molecule has 0 aliphatic heterocycles. The van der Waals surface area contributed by atoms with Gasteiger partial charge in [-0.05, 0) is 37.6 Å². The van der Waals surface area contributed by atoms with Crippen molar-refractivity contribution >= 4 is 5.91 Å². The molecule has 4 nitrogen and oxygen atoms in total.